The minimum Gasteiger partial charge on any atom is -0.335 e. The SMILES string of the molecule is CSCC[C@@H](C)NC(=O)N1CCCCC[C@H]1c1c(C)n[nH]c1C. The average molecular weight is 339 g/mol. The third-order valence-electron chi connectivity index (χ3n) is 4.66. The first-order valence-corrected chi connectivity index (χ1v) is 10.0. The summed E-state index contributed by atoms with van der Waals surface area (Å²) in [6, 6.07) is 0.430. The first kappa shape index (κ1) is 18.2. The summed E-state index contributed by atoms with van der Waals surface area (Å²) in [6.07, 6.45) is 7.57. The van der Waals surface area contributed by atoms with Gasteiger partial charge in [-0.05, 0) is 52.0 Å². The van der Waals surface area contributed by atoms with E-state index in [2.05, 4.69) is 35.6 Å². The molecule has 2 rings (SSSR count). The van der Waals surface area contributed by atoms with Gasteiger partial charge in [0.2, 0.25) is 0 Å². The Bertz CT molecular complexity index is 497. The number of aryl methyl sites for hydroxylation is 2. The van der Waals surface area contributed by atoms with Gasteiger partial charge < -0.3 is 10.2 Å². The molecular weight excluding hydrogens is 308 g/mol. The van der Waals surface area contributed by atoms with Crippen molar-refractivity contribution in [2.24, 2.45) is 0 Å². The molecule has 0 bridgehead atoms. The predicted octanol–water partition coefficient (Wildman–Crippen LogP) is 3.79. The van der Waals surface area contributed by atoms with Crippen molar-refractivity contribution in [2.45, 2.75) is 65.0 Å². The van der Waals surface area contributed by atoms with E-state index in [9.17, 15) is 4.79 Å². The average Bonchev–Trinajstić information content (AvgIpc) is 2.73. The van der Waals surface area contributed by atoms with Crippen LogP contribution in [0.4, 0.5) is 4.79 Å². The van der Waals surface area contributed by atoms with Gasteiger partial charge in [-0.1, -0.05) is 12.8 Å². The van der Waals surface area contributed by atoms with E-state index >= 15 is 0 Å². The van der Waals surface area contributed by atoms with Crippen molar-refractivity contribution in [1.29, 1.82) is 0 Å². The summed E-state index contributed by atoms with van der Waals surface area (Å²) < 4.78 is 0. The van der Waals surface area contributed by atoms with Gasteiger partial charge in [0.1, 0.15) is 0 Å². The normalized spacial score (nSPS) is 20.2. The van der Waals surface area contributed by atoms with Crippen LogP contribution in [-0.2, 0) is 0 Å². The van der Waals surface area contributed by atoms with Crippen LogP contribution < -0.4 is 5.32 Å². The van der Waals surface area contributed by atoms with Gasteiger partial charge in [0.15, 0.2) is 0 Å². The second-order valence-electron chi connectivity index (χ2n) is 6.54. The van der Waals surface area contributed by atoms with Gasteiger partial charge in [0.05, 0.1) is 11.7 Å². The molecule has 5 nitrogen and oxygen atoms in total. The molecular formula is C17H30N4OS. The van der Waals surface area contributed by atoms with Crippen molar-refractivity contribution in [3.05, 3.63) is 17.0 Å². The number of aromatic nitrogens is 2. The monoisotopic (exact) mass is 338 g/mol. The number of rotatable bonds is 5. The molecule has 130 valence electrons. The van der Waals surface area contributed by atoms with Gasteiger partial charge in [0, 0.05) is 23.8 Å². The van der Waals surface area contributed by atoms with Crippen LogP contribution in [0.1, 0.15) is 62.0 Å². The number of likely N-dealkylation sites (tertiary alicyclic amines) is 1. The highest BCUT2D eigenvalue weighted by molar-refractivity contribution is 7.98. The number of aromatic amines is 1. The first-order chi connectivity index (χ1) is 11.0. The van der Waals surface area contributed by atoms with Gasteiger partial charge >= 0.3 is 6.03 Å². The molecule has 1 aliphatic rings. The number of hydrogen-bond donors (Lipinski definition) is 2. The van der Waals surface area contributed by atoms with E-state index in [4.69, 9.17) is 0 Å². The van der Waals surface area contributed by atoms with Crippen LogP contribution in [-0.4, -0.2) is 45.7 Å². The van der Waals surface area contributed by atoms with Crippen molar-refractivity contribution in [3.63, 3.8) is 0 Å². The summed E-state index contributed by atoms with van der Waals surface area (Å²) in [5.41, 5.74) is 3.31. The van der Waals surface area contributed by atoms with E-state index in [1.165, 1.54) is 18.4 Å². The Labute approximate surface area is 144 Å². The lowest BCUT2D eigenvalue weighted by Crippen LogP contribution is -2.45. The van der Waals surface area contributed by atoms with Gasteiger partial charge in [-0.25, -0.2) is 4.79 Å². The maximum absolute atomic E-state index is 12.8. The second-order valence-corrected chi connectivity index (χ2v) is 7.52. The molecule has 2 N–H and O–H groups in total. The highest BCUT2D eigenvalue weighted by Crippen LogP contribution is 2.33. The molecule has 2 amide bonds. The van der Waals surface area contributed by atoms with Crippen molar-refractivity contribution < 1.29 is 4.79 Å². The summed E-state index contributed by atoms with van der Waals surface area (Å²) in [4.78, 5) is 14.9. The Morgan fingerprint density at radius 1 is 1.43 bits per heavy atom. The summed E-state index contributed by atoms with van der Waals surface area (Å²) in [7, 11) is 0. The molecule has 2 atom stereocenters. The lowest BCUT2D eigenvalue weighted by molar-refractivity contribution is 0.172. The van der Waals surface area contributed by atoms with E-state index in [0.717, 1.165) is 42.9 Å². The topological polar surface area (TPSA) is 61.0 Å². The quantitative estimate of drug-likeness (QED) is 0.858. The van der Waals surface area contributed by atoms with E-state index < -0.39 is 0 Å². The number of nitrogens with one attached hydrogen (secondary N) is 2. The number of carbonyl (C=O) groups excluding carboxylic acids is 1. The zero-order valence-electron chi connectivity index (χ0n) is 14.8. The fourth-order valence-electron chi connectivity index (χ4n) is 3.36. The van der Waals surface area contributed by atoms with Crippen LogP contribution in [0.5, 0.6) is 0 Å². The van der Waals surface area contributed by atoms with E-state index in [1.54, 1.807) is 0 Å². The first-order valence-electron chi connectivity index (χ1n) is 8.62. The molecule has 23 heavy (non-hydrogen) atoms. The minimum atomic E-state index is 0.0745. The van der Waals surface area contributed by atoms with Gasteiger partial charge in [-0.3, -0.25) is 5.10 Å². The number of carbonyl (C=O) groups is 1. The summed E-state index contributed by atoms with van der Waals surface area (Å²) >= 11 is 1.82. The fourth-order valence-corrected chi connectivity index (χ4v) is 3.95. The van der Waals surface area contributed by atoms with Crippen LogP contribution in [0.25, 0.3) is 0 Å². The highest BCUT2D eigenvalue weighted by Gasteiger charge is 2.30. The number of amides is 2. The van der Waals surface area contributed by atoms with Crippen LogP contribution >= 0.6 is 11.8 Å². The molecule has 0 radical (unpaired) electrons. The molecule has 0 aromatic carbocycles. The van der Waals surface area contributed by atoms with Crippen LogP contribution in [0, 0.1) is 13.8 Å². The maximum atomic E-state index is 12.8. The van der Waals surface area contributed by atoms with Crippen molar-refractivity contribution in [3.8, 4) is 0 Å². The molecule has 0 unspecified atom stereocenters. The summed E-state index contributed by atoms with van der Waals surface area (Å²) in [6.45, 7) is 7.00. The van der Waals surface area contributed by atoms with Gasteiger partial charge in [-0.2, -0.15) is 16.9 Å². The summed E-state index contributed by atoms with van der Waals surface area (Å²) in [5, 5.41) is 10.6. The largest absolute Gasteiger partial charge is 0.335 e. The Kier molecular flexibility index (Phi) is 6.81. The molecule has 1 aromatic rings. The molecule has 0 aliphatic carbocycles. The maximum Gasteiger partial charge on any atom is 0.318 e. The van der Waals surface area contributed by atoms with Crippen molar-refractivity contribution >= 4 is 17.8 Å². The molecule has 1 aromatic heterocycles. The molecule has 1 saturated heterocycles. The lowest BCUT2D eigenvalue weighted by atomic mass is 9.99. The molecule has 1 fully saturated rings. The lowest BCUT2D eigenvalue weighted by Gasteiger charge is -2.32. The highest BCUT2D eigenvalue weighted by atomic mass is 32.2. The zero-order valence-corrected chi connectivity index (χ0v) is 15.6. The third-order valence-corrected chi connectivity index (χ3v) is 5.30. The Morgan fingerprint density at radius 2 is 2.22 bits per heavy atom. The van der Waals surface area contributed by atoms with Crippen molar-refractivity contribution in [1.82, 2.24) is 20.4 Å². The van der Waals surface area contributed by atoms with Crippen LogP contribution in [0.2, 0.25) is 0 Å². The zero-order chi connectivity index (χ0) is 16.8. The Hall–Kier alpha value is -1.17. The van der Waals surface area contributed by atoms with E-state index in [0.29, 0.717) is 0 Å². The molecule has 2 heterocycles. The second kappa shape index (κ2) is 8.62. The fraction of sp³-hybridized carbons (Fsp3) is 0.765. The van der Waals surface area contributed by atoms with E-state index in [-0.39, 0.29) is 18.1 Å². The van der Waals surface area contributed by atoms with Gasteiger partial charge in [0.25, 0.3) is 0 Å². The molecule has 1 aliphatic heterocycles. The standard InChI is InChI=1S/C17H30N4OS/c1-12(9-11-23-4)18-17(22)21-10-7-5-6-8-15(21)16-13(2)19-20-14(16)3/h12,15H,5-11H2,1-4H3,(H,18,22)(H,19,20)/t12-,15+/m1/s1. The summed E-state index contributed by atoms with van der Waals surface area (Å²) in [5.74, 6) is 1.07. The minimum absolute atomic E-state index is 0.0745. The third kappa shape index (κ3) is 4.66. The number of nitrogens with zero attached hydrogens (tertiary/aromatic N) is 2. The number of H-pyrrole nitrogens is 1. The Morgan fingerprint density at radius 3 is 2.87 bits per heavy atom. The van der Waals surface area contributed by atoms with Crippen molar-refractivity contribution in [2.75, 3.05) is 18.6 Å². The Balaban J connectivity index is 2.13. The molecule has 6 heteroatoms. The predicted molar refractivity (Wildman–Crippen MR) is 97.0 cm³/mol. The number of thioether (sulfide) groups is 1. The van der Waals surface area contributed by atoms with Gasteiger partial charge in [-0.15, -0.1) is 0 Å². The van der Waals surface area contributed by atoms with E-state index in [1.807, 2.05) is 23.6 Å². The number of urea groups is 1. The van der Waals surface area contributed by atoms with Crippen LogP contribution in [0.15, 0.2) is 0 Å². The van der Waals surface area contributed by atoms with Crippen LogP contribution in [0.3, 0.4) is 0 Å². The smallest absolute Gasteiger partial charge is 0.318 e. The molecule has 0 saturated carbocycles. The number of hydrogen-bond acceptors (Lipinski definition) is 3. The molecule has 0 spiro atoms.